The molecule has 24 heavy (non-hydrogen) atoms. The van der Waals surface area contributed by atoms with Crippen molar-refractivity contribution in [2.75, 3.05) is 5.32 Å². The van der Waals surface area contributed by atoms with Crippen LogP contribution in [0, 0.1) is 0 Å². The van der Waals surface area contributed by atoms with Gasteiger partial charge in [0.15, 0.2) is 5.57 Å². The van der Waals surface area contributed by atoms with Gasteiger partial charge in [0, 0.05) is 44.5 Å². The maximum Gasteiger partial charge on any atom is 0.350 e. The van der Waals surface area contributed by atoms with E-state index in [0.29, 0.717) is 5.69 Å². The Hall–Kier alpha value is -3.09. The van der Waals surface area contributed by atoms with Gasteiger partial charge in [0.05, 0.1) is 5.69 Å². The lowest BCUT2D eigenvalue weighted by Crippen LogP contribution is -2.42. The first-order valence-electron chi connectivity index (χ1n) is 7.37. The van der Waals surface area contributed by atoms with E-state index in [2.05, 4.69) is 10.4 Å². The zero-order chi connectivity index (χ0) is 17.3. The fraction of sp³-hybridized carbons (Fsp3) is 0.235. The second-order valence-electron chi connectivity index (χ2n) is 5.84. The molecule has 0 amide bonds. The van der Waals surface area contributed by atoms with Crippen LogP contribution in [0.1, 0.15) is 13.8 Å². The van der Waals surface area contributed by atoms with Gasteiger partial charge in [-0.1, -0.05) is 12.1 Å². The number of carbonyl (C=O) groups is 2. The monoisotopic (exact) mass is 327 g/mol. The maximum atomic E-state index is 11.9. The molecule has 1 aromatic heterocycles. The van der Waals surface area contributed by atoms with E-state index in [4.69, 9.17) is 9.47 Å². The average molecular weight is 327 g/mol. The summed E-state index contributed by atoms with van der Waals surface area (Å²) in [4.78, 5) is 23.8. The predicted molar refractivity (Wildman–Crippen MR) is 86.6 cm³/mol. The highest BCUT2D eigenvalue weighted by molar-refractivity contribution is 6.15. The molecule has 7 nitrogen and oxygen atoms in total. The minimum Gasteiger partial charge on any atom is -0.419 e. The summed E-state index contributed by atoms with van der Waals surface area (Å²) in [7, 11) is 1.85. The largest absolute Gasteiger partial charge is 0.419 e. The number of cyclic esters (lactones) is 2. The van der Waals surface area contributed by atoms with Crippen molar-refractivity contribution in [2.24, 2.45) is 7.05 Å². The molecule has 2 heterocycles. The van der Waals surface area contributed by atoms with E-state index in [0.717, 1.165) is 11.3 Å². The zero-order valence-corrected chi connectivity index (χ0v) is 13.6. The molecular formula is C17H17N3O4. The molecule has 3 rings (SSSR count). The highest BCUT2D eigenvalue weighted by Gasteiger charge is 2.38. The van der Waals surface area contributed by atoms with Gasteiger partial charge >= 0.3 is 11.9 Å². The fourth-order valence-corrected chi connectivity index (χ4v) is 2.27. The van der Waals surface area contributed by atoms with E-state index in [-0.39, 0.29) is 5.57 Å². The number of benzene rings is 1. The minimum absolute atomic E-state index is 0.183. The molecule has 0 aliphatic carbocycles. The van der Waals surface area contributed by atoms with Crippen molar-refractivity contribution < 1.29 is 19.1 Å². The van der Waals surface area contributed by atoms with Crippen molar-refractivity contribution in [3.8, 4) is 11.3 Å². The predicted octanol–water partition coefficient (Wildman–Crippen LogP) is 2.22. The van der Waals surface area contributed by atoms with Gasteiger partial charge in [0.1, 0.15) is 0 Å². The van der Waals surface area contributed by atoms with Crippen LogP contribution in [-0.2, 0) is 26.1 Å². The molecule has 7 heteroatoms. The van der Waals surface area contributed by atoms with Crippen LogP contribution in [0.4, 0.5) is 5.69 Å². The Bertz CT molecular complexity index is 814. The number of aryl methyl sites for hydroxylation is 1. The van der Waals surface area contributed by atoms with E-state index >= 15 is 0 Å². The highest BCUT2D eigenvalue weighted by atomic mass is 16.7. The van der Waals surface area contributed by atoms with Crippen molar-refractivity contribution >= 4 is 17.6 Å². The number of nitrogens with one attached hydrogen (secondary N) is 1. The Morgan fingerprint density at radius 2 is 1.88 bits per heavy atom. The summed E-state index contributed by atoms with van der Waals surface area (Å²) in [5, 5.41) is 7.26. The molecule has 0 atom stereocenters. The molecule has 1 fully saturated rings. The lowest BCUT2D eigenvalue weighted by atomic mass is 10.1. The molecule has 0 radical (unpaired) electrons. The van der Waals surface area contributed by atoms with Crippen LogP contribution in [0.5, 0.6) is 0 Å². The fourth-order valence-electron chi connectivity index (χ4n) is 2.27. The first-order chi connectivity index (χ1) is 11.3. The van der Waals surface area contributed by atoms with E-state index in [1.165, 1.54) is 20.0 Å². The molecule has 1 aliphatic heterocycles. The molecule has 124 valence electrons. The third-order valence-electron chi connectivity index (χ3n) is 3.37. The Balaban J connectivity index is 1.79. The smallest absolute Gasteiger partial charge is 0.350 e. The lowest BCUT2D eigenvalue weighted by molar-refractivity contribution is -0.222. The second-order valence-corrected chi connectivity index (χ2v) is 5.84. The van der Waals surface area contributed by atoms with Crippen molar-refractivity contribution in [2.45, 2.75) is 19.6 Å². The van der Waals surface area contributed by atoms with Gasteiger partial charge in [-0.2, -0.15) is 5.10 Å². The SMILES string of the molecule is Cn1ccc(-c2cccc(NC=C3C(=O)OC(C)(C)OC3=O)c2)n1. The average Bonchev–Trinajstić information content (AvgIpc) is 2.92. The number of anilines is 1. The quantitative estimate of drug-likeness (QED) is 0.529. The Labute approximate surface area is 138 Å². The summed E-state index contributed by atoms with van der Waals surface area (Å²) in [6, 6.07) is 9.35. The molecule has 0 spiro atoms. The minimum atomic E-state index is -1.25. The first kappa shape index (κ1) is 15.8. The second kappa shape index (κ2) is 5.84. The van der Waals surface area contributed by atoms with Crippen LogP contribution in [0.3, 0.4) is 0 Å². The van der Waals surface area contributed by atoms with Crippen LogP contribution in [0.15, 0.2) is 48.3 Å². The normalized spacial score (nSPS) is 16.4. The summed E-state index contributed by atoms with van der Waals surface area (Å²) in [6.07, 6.45) is 3.14. The number of nitrogens with zero attached hydrogens (tertiary/aromatic N) is 2. The maximum absolute atomic E-state index is 11.9. The molecule has 1 N–H and O–H groups in total. The number of hydrogen-bond acceptors (Lipinski definition) is 6. The van der Waals surface area contributed by atoms with Gasteiger partial charge in [-0.15, -0.1) is 0 Å². The number of ether oxygens (including phenoxy) is 2. The Kier molecular flexibility index (Phi) is 3.84. The van der Waals surface area contributed by atoms with E-state index < -0.39 is 17.7 Å². The molecule has 1 aromatic carbocycles. The van der Waals surface area contributed by atoms with Gasteiger partial charge in [-0.3, -0.25) is 4.68 Å². The number of esters is 2. The molecule has 2 aromatic rings. The van der Waals surface area contributed by atoms with Crippen molar-refractivity contribution in [3.63, 3.8) is 0 Å². The zero-order valence-electron chi connectivity index (χ0n) is 13.6. The van der Waals surface area contributed by atoms with Crippen molar-refractivity contribution in [1.82, 2.24) is 9.78 Å². The van der Waals surface area contributed by atoms with Crippen LogP contribution >= 0.6 is 0 Å². The summed E-state index contributed by atoms with van der Waals surface area (Å²) in [5.74, 6) is -2.68. The van der Waals surface area contributed by atoms with Crippen molar-refractivity contribution in [3.05, 3.63) is 48.3 Å². The summed E-state index contributed by atoms with van der Waals surface area (Å²) >= 11 is 0. The third kappa shape index (κ3) is 3.29. The molecule has 1 aliphatic rings. The van der Waals surface area contributed by atoms with Gasteiger partial charge in [0.25, 0.3) is 5.79 Å². The number of rotatable bonds is 3. The summed E-state index contributed by atoms with van der Waals surface area (Å²) < 4.78 is 11.8. The topological polar surface area (TPSA) is 82.5 Å². The van der Waals surface area contributed by atoms with Gasteiger partial charge in [-0.05, 0) is 18.2 Å². The van der Waals surface area contributed by atoms with Crippen LogP contribution in [-0.4, -0.2) is 27.5 Å². The van der Waals surface area contributed by atoms with E-state index in [9.17, 15) is 9.59 Å². The van der Waals surface area contributed by atoms with Gasteiger partial charge in [-0.25, -0.2) is 9.59 Å². The van der Waals surface area contributed by atoms with Gasteiger partial charge < -0.3 is 14.8 Å². The number of hydrogen-bond donors (Lipinski definition) is 1. The van der Waals surface area contributed by atoms with Crippen LogP contribution in [0.2, 0.25) is 0 Å². The number of carbonyl (C=O) groups excluding carboxylic acids is 2. The summed E-state index contributed by atoms with van der Waals surface area (Å²) in [6.45, 7) is 3.01. The number of aromatic nitrogens is 2. The van der Waals surface area contributed by atoms with E-state index in [1.807, 2.05) is 43.6 Å². The van der Waals surface area contributed by atoms with Crippen LogP contribution in [0.25, 0.3) is 11.3 Å². The molecule has 0 bridgehead atoms. The van der Waals surface area contributed by atoms with Crippen molar-refractivity contribution in [1.29, 1.82) is 0 Å². The molecular weight excluding hydrogens is 310 g/mol. The Morgan fingerprint density at radius 3 is 2.50 bits per heavy atom. The summed E-state index contributed by atoms with van der Waals surface area (Å²) in [5.41, 5.74) is 2.26. The standard InChI is InChI=1S/C17H17N3O4/c1-17(2)23-15(21)13(16(22)24-17)10-18-12-6-4-5-11(9-12)14-7-8-20(3)19-14/h4-10,18H,1-3H3. The van der Waals surface area contributed by atoms with Gasteiger partial charge in [0.2, 0.25) is 0 Å². The molecule has 0 unspecified atom stereocenters. The Morgan fingerprint density at radius 1 is 1.17 bits per heavy atom. The third-order valence-corrected chi connectivity index (χ3v) is 3.37. The molecule has 0 saturated carbocycles. The van der Waals surface area contributed by atoms with E-state index in [1.54, 1.807) is 4.68 Å². The first-order valence-corrected chi connectivity index (χ1v) is 7.37. The molecule has 1 saturated heterocycles. The highest BCUT2D eigenvalue weighted by Crippen LogP contribution is 2.24. The van der Waals surface area contributed by atoms with Crippen LogP contribution < -0.4 is 5.32 Å². The lowest BCUT2D eigenvalue weighted by Gasteiger charge is -2.29.